The second-order valence-corrected chi connectivity index (χ2v) is 6.41. The zero-order chi connectivity index (χ0) is 11.8. The van der Waals surface area contributed by atoms with Crippen molar-refractivity contribution in [1.82, 2.24) is 0 Å². The number of fused-ring (bicyclic) bond motifs is 1. The van der Waals surface area contributed by atoms with Crippen LogP contribution in [0, 0.1) is 23.2 Å². The third-order valence-corrected chi connectivity index (χ3v) is 5.48. The van der Waals surface area contributed by atoms with Gasteiger partial charge in [0.25, 0.3) is 0 Å². The van der Waals surface area contributed by atoms with Gasteiger partial charge in [0.05, 0.1) is 0 Å². The first-order valence-corrected chi connectivity index (χ1v) is 7.31. The Kier molecular flexibility index (Phi) is 3.47. The Hall–Kier alpha value is -0.260. The average molecular weight is 220 g/mol. The highest BCUT2D eigenvalue weighted by Crippen LogP contribution is 2.55. The SMILES string of the molecule is CCC1CC=C2C[C@@H](C)CC[C@]2(C)C1CC. The first-order chi connectivity index (χ1) is 7.61. The van der Waals surface area contributed by atoms with Crippen LogP contribution in [0.15, 0.2) is 11.6 Å². The van der Waals surface area contributed by atoms with Crippen molar-refractivity contribution in [3.05, 3.63) is 11.6 Å². The highest BCUT2D eigenvalue weighted by molar-refractivity contribution is 5.22. The zero-order valence-electron chi connectivity index (χ0n) is 11.6. The van der Waals surface area contributed by atoms with Crippen LogP contribution in [0.25, 0.3) is 0 Å². The molecular weight excluding hydrogens is 192 g/mol. The molecule has 0 aromatic heterocycles. The van der Waals surface area contributed by atoms with Gasteiger partial charge in [-0.15, -0.1) is 0 Å². The van der Waals surface area contributed by atoms with Crippen LogP contribution in [0.4, 0.5) is 0 Å². The van der Waals surface area contributed by atoms with Gasteiger partial charge >= 0.3 is 0 Å². The quantitative estimate of drug-likeness (QED) is 0.561. The van der Waals surface area contributed by atoms with Crippen molar-refractivity contribution < 1.29 is 0 Å². The fourth-order valence-corrected chi connectivity index (χ4v) is 4.37. The van der Waals surface area contributed by atoms with Gasteiger partial charge in [0.1, 0.15) is 0 Å². The molecule has 2 aliphatic carbocycles. The Bertz CT molecular complexity index is 276. The van der Waals surface area contributed by atoms with Crippen molar-refractivity contribution in [1.29, 1.82) is 0 Å². The van der Waals surface area contributed by atoms with Crippen LogP contribution in [-0.2, 0) is 0 Å². The molecule has 0 aliphatic heterocycles. The lowest BCUT2D eigenvalue weighted by molar-refractivity contribution is 0.0895. The molecule has 2 unspecified atom stereocenters. The van der Waals surface area contributed by atoms with Crippen LogP contribution < -0.4 is 0 Å². The zero-order valence-corrected chi connectivity index (χ0v) is 11.6. The molecule has 2 aliphatic rings. The van der Waals surface area contributed by atoms with Crippen LogP contribution in [0.5, 0.6) is 0 Å². The van der Waals surface area contributed by atoms with Crippen LogP contribution in [0.2, 0.25) is 0 Å². The van der Waals surface area contributed by atoms with E-state index in [2.05, 4.69) is 33.8 Å². The largest absolute Gasteiger partial charge is 0.0845 e. The molecule has 0 N–H and O–H groups in total. The third kappa shape index (κ3) is 1.85. The summed E-state index contributed by atoms with van der Waals surface area (Å²) in [6.07, 6.45) is 11.0. The van der Waals surface area contributed by atoms with Crippen molar-refractivity contribution in [3.8, 4) is 0 Å². The number of hydrogen-bond acceptors (Lipinski definition) is 0. The molecule has 92 valence electrons. The predicted molar refractivity (Wildman–Crippen MR) is 71.4 cm³/mol. The predicted octanol–water partition coefficient (Wildman–Crippen LogP) is 5.20. The Morgan fingerprint density at radius 3 is 2.69 bits per heavy atom. The lowest BCUT2D eigenvalue weighted by atomic mass is 9.55. The van der Waals surface area contributed by atoms with E-state index in [1.807, 2.05) is 5.57 Å². The van der Waals surface area contributed by atoms with Crippen LogP contribution in [-0.4, -0.2) is 0 Å². The van der Waals surface area contributed by atoms with Crippen molar-refractivity contribution in [2.24, 2.45) is 23.2 Å². The van der Waals surface area contributed by atoms with E-state index in [9.17, 15) is 0 Å². The van der Waals surface area contributed by atoms with Crippen molar-refractivity contribution >= 4 is 0 Å². The van der Waals surface area contributed by atoms with Gasteiger partial charge in [0, 0.05) is 0 Å². The summed E-state index contributed by atoms with van der Waals surface area (Å²) >= 11 is 0. The van der Waals surface area contributed by atoms with E-state index in [0.717, 1.165) is 17.8 Å². The number of allylic oxidation sites excluding steroid dienone is 2. The summed E-state index contributed by atoms with van der Waals surface area (Å²) in [4.78, 5) is 0. The molecule has 1 saturated carbocycles. The van der Waals surface area contributed by atoms with Gasteiger partial charge in [0.2, 0.25) is 0 Å². The molecule has 0 heteroatoms. The highest BCUT2D eigenvalue weighted by atomic mass is 14.5. The summed E-state index contributed by atoms with van der Waals surface area (Å²) < 4.78 is 0. The Labute approximate surface area is 102 Å². The molecule has 0 bridgehead atoms. The summed E-state index contributed by atoms with van der Waals surface area (Å²) in [7, 11) is 0. The maximum Gasteiger partial charge on any atom is -0.00853 e. The molecule has 0 radical (unpaired) electrons. The molecule has 16 heavy (non-hydrogen) atoms. The van der Waals surface area contributed by atoms with Crippen LogP contribution >= 0.6 is 0 Å². The summed E-state index contributed by atoms with van der Waals surface area (Å²) in [5, 5.41) is 0. The molecule has 0 amide bonds. The fourth-order valence-electron chi connectivity index (χ4n) is 4.37. The van der Waals surface area contributed by atoms with Gasteiger partial charge in [0.15, 0.2) is 0 Å². The lowest BCUT2D eigenvalue weighted by Crippen LogP contribution is -2.40. The summed E-state index contributed by atoms with van der Waals surface area (Å²) in [6, 6.07) is 0. The normalized spacial score (nSPS) is 43.8. The van der Waals surface area contributed by atoms with Gasteiger partial charge in [-0.25, -0.2) is 0 Å². The molecule has 0 spiro atoms. The van der Waals surface area contributed by atoms with Crippen molar-refractivity contribution in [3.63, 3.8) is 0 Å². The standard InChI is InChI=1S/C16H28/c1-5-13-7-8-14-11-12(3)9-10-16(14,4)15(13)6-2/h8,12-13,15H,5-7,9-11H2,1-4H3/t12-,13?,15?,16-/m0/s1. The molecule has 0 saturated heterocycles. The molecule has 4 atom stereocenters. The lowest BCUT2D eigenvalue weighted by Gasteiger charge is -2.50. The molecular formula is C16H28. The third-order valence-electron chi connectivity index (χ3n) is 5.48. The molecule has 0 aromatic rings. The monoisotopic (exact) mass is 220 g/mol. The molecule has 0 heterocycles. The first-order valence-electron chi connectivity index (χ1n) is 7.31. The van der Waals surface area contributed by atoms with Crippen LogP contribution in [0.3, 0.4) is 0 Å². The van der Waals surface area contributed by atoms with Gasteiger partial charge in [-0.3, -0.25) is 0 Å². The van der Waals surface area contributed by atoms with Crippen molar-refractivity contribution in [2.75, 3.05) is 0 Å². The van der Waals surface area contributed by atoms with E-state index in [1.54, 1.807) is 0 Å². The summed E-state index contributed by atoms with van der Waals surface area (Å²) in [6.45, 7) is 9.76. The van der Waals surface area contributed by atoms with E-state index in [0.29, 0.717) is 5.41 Å². The van der Waals surface area contributed by atoms with E-state index in [1.165, 1.54) is 38.5 Å². The maximum atomic E-state index is 2.61. The first kappa shape index (κ1) is 12.2. The number of rotatable bonds is 2. The minimum atomic E-state index is 0.556. The second-order valence-electron chi connectivity index (χ2n) is 6.41. The van der Waals surface area contributed by atoms with Crippen LogP contribution in [0.1, 0.15) is 66.2 Å². The molecule has 2 rings (SSSR count). The minimum absolute atomic E-state index is 0.556. The topological polar surface area (TPSA) is 0 Å². The van der Waals surface area contributed by atoms with Crippen molar-refractivity contribution in [2.45, 2.75) is 66.2 Å². The molecule has 1 fully saturated rings. The fraction of sp³-hybridized carbons (Fsp3) is 0.875. The summed E-state index contributed by atoms with van der Waals surface area (Å²) in [5.41, 5.74) is 2.36. The van der Waals surface area contributed by atoms with Gasteiger partial charge in [-0.2, -0.15) is 0 Å². The summed E-state index contributed by atoms with van der Waals surface area (Å²) in [5.74, 6) is 2.83. The Morgan fingerprint density at radius 1 is 1.31 bits per heavy atom. The van der Waals surface area contributed by atoms with E-state index < -0.39 is 0 Å². The smallest absolute Gasteiger partial charge is 0.00853 e. The highest BCUT2D eigenvalue weighted by Gasteiger charge is 2.44. The van der Waals surface area contributed by atoms with Gasteiger partial charge < -0.3 is 0 Å². The second kappa shape index (κ2) is 4.55. The molecule has 0 nitrogen and oxygen atoms in total. The Morgan fingerprint density at radius 2 is 2.06 bits per heavy atom. The van der Waals surface area contributed by atoms with Gasteiger partial charge in [-0.1, -0.05) is 52.2 Å². The average Bonchev–Trinajstić information content (AvgIpc) is 2.28. The van der Waals surface area contributed by atoms with Gasteiger partial charge in [-0.05, 0) is 48.9 Å². The van der Waals surface area contributed by atoms with E-state index >= 15 is 0 Å². The maximum absolute atomic E-state index is 2.61. The Balaban J connectivity index is 2.28. The molecule has 0 aromatic carbocycles. The number of hydrogen-bond donors (Lipinski definition) is 0. The van der Waals surface area contributed by atoms with E-state index in [4.69, 9.17) is 0 Å². The van der Waals surface area contributed by atoms with E-state index in [-0.39, 0.29) is 0 Å². The minimum Gasteiger partial charge on any atom is -0.0845 e.